The molecule has 1 amide bonds. The van der Waals surface area contributed by atoms with Crippen LogP contribution in [0.1, 0.15) is 60.3 Å². The van der Waals surface area contributed by atoms with Crippen molar-refractivity contribution >= 4 is 23.7 Å². The number of aliphatic hydroxyl groups is 1. The number of ether oxygens (including phenoxy) is 7. The predicted octanol–water partition coefficient (Wildman–Crippen LogP) is 4.16. The molecule has 0 radical (unpaired) electrons. The Morgan fingerprint density at radius 1 is 1.15 bits per heavy atom. The zero-order valence-corrected chi connectivity index (χ0v) is 28.9. The fraction of sp³-hybridized carbons (Fsp3) is 0.714. The van der Waals surface area contributed by atoms with Crippen LogP contribution < -0.4 is 5.32 Å². The van der Waals surface area contributed by atoms with Gasteiger partial charge in [0.05, 0.1) is 30.8 Å². The standard InChI is InChI=1S/C35H48ClNO10/c1-19-14-24(13-11-9-8-10-12-23-16-25(23)36)44-28(38)18-35(40)17-27(21(3)29(46-35)20(2)26(15-19)41-6)45-32-31(42-7)34(5)30(22(4)43-32)37-33(39)47-34/h8-9,11,13,15,20-27,29-32,40H,14,16-18H2,1-7H3,(H,37,39)/b9-8+,13-11+,19-15+/t20-,21-,22+,23+,24+,25+,26-,27+,29+,30-,31+,32+,34-,35+/m1/s1. The van der Waals surface area contributed by atoms with Crippen LogP contribution in [0.15, 0.2) is 36.0 Å². The molecule has 11 nitrogen and oxygen atoms in total. The molecule has 5 aliphatic rings. The number of carbonyl (C=O) groups is 2. The van der Waals surface area contributed by atoms with Gasteiger partial charge in [-0.15, -0.1) is 11.6 Å². The van der Waals surface area contributed by atoms with E-state index < -0.39 is 72.7 Å². The van der Waals surface area contributed by atoms with Crippen LogP contribution in [-0.2, 0) is 38.0 Å². The molecule has 1 aliphatic carbocycles. The van der Waals surface area contributed by atoms with Crippen molar-refractivity contribution in [1.29, 1.82) is 0 Å². The third-order valence-corrected chi connectivity index (χ3v) is 10.4. The molecule has 0 unspecified atom stereocenters. The first kappa shape index (κ1) is 35.9. The summed E-state index contributed by atoms with van der Waals surface area (Å²) >= 11 is 6.01. The number of carbonyl (C=O) groups excluding carboxylic acids is 2. The molecule has 260 valence electrons. The largest absolute Gasteiger partial charge is 0.458 e. The number of fused-ring (bicyclic) bond motifs is 3. The van der Waals surface area contributed by atoms with Crippen molar-refractivity contribution in [2.75, 3.05) is 14.2 Å². The molecular weight excluding hydrogens is 630 g/mol. The van der Waals surface area contributed by atoms with E-state index in [9.17, 15) is 14.7 Å². The van der Waals surface area contributed by atoms with Gasteiger partial charge in [-0.1, -0.05) is 49.5 Å². The van der Waals surface area contributed by atoms with Crippen LogP contribution in [0.3, 0.4) is 0 Å². The highest BCUT2D eigenvalue weighted by Gasteiger charge is 2.61. The van der Waals surface area contributed by atoms with Crippen molar-refractivity contribution in [3.63, 3.8) is 0 Å². The van der Waals surface area contributed by atoms with E-state index in [-0.39, 0.29) is 35.7 Å². The van der Waals surface area contributed by atoms with Gasteiger partial charge >= 0.3 is 12.1 Å². The number of hydrogen-bond donors (Lipinski definition) is 2. The number of alkyl carbamates (subject to hydrolysis) is 1. The number of halogens is 1. The van der Waals surface area contributed by atoms with Crippen molar-refractivity contribution in [1.82, 2.24) is 5.32 Å². The number of hydrogen-bond acceptors (Lipinski definition) is 10. The van der Waals surface area contributed by atoms with Crippen LogP contribution in [-0.4, -0.2) is 97.1 Å². The summed E-state index contributed by atoms with van der Waals surface area (Å²) in [6.07, 6.45) is 5.17. The SMILES string of the molecule is CO[C@@H]1/C=C(\C)C[C@H](/C=C/C=C/C#C[C@H]2C[C@@H]2Cl)OC(=O)C[C@]2(O)C[C@H](O[C@@H]3O[C@@H](C)[C@H]4NC(=O)O[C@@]4(C)[C@H]3OC)[C@@H](C)[C@@H](O2)[C@@H]1C. The second-order valence-electron chi connectivity index (χ2n) is 13.7. The first-order chi connectivity index (χ1) is 22.3. The van der Waals surface area contributed by atoms with Crippen molar-refractivity contribution < 1.29 is 47.9 Å². The van der Waals surface area contributed by atoms with Crippen molar-refractivity contribution in [3.8, 4) is 11.8 Å². The lowest BCUT2D eigenvalue weighted by Crippen LogP contribution is -2.67. The van der Waals surface area contributed by atoms with E-state index in [2.05, 4.69) is 17.2 Å². The Morgan fingerprint density at radius 3 is 2.57 bits per heavy atom. The summed E-state index contributed by atoms with van der Waals surface area (Å²) < 4.78 is 42.5. The van der Waals surface area contributed by atoms with Gasteiger partial charge in [0, 0.05) is 50.2 Å². The van der Waals surface area contributed by atoms with E-state index in [0.717, 1.165) is 12.0 Å². The lowest BCUT2D eigenvalue weighted by atomic mass is 9.79. The average molecular weight is 678 g/mol. The van der Waals surface area contributed by atoms with E-state index in [1.165, 1.54) is 7.11 Å². The second kappa shape index (κ2) is 14.6. The minimum atomic E-state index is -1.90. The molecule has 1 saturated carbocycles. The fourth-order valence-corrected chi connectivity index (χ4v) is 7.51. The monoisotopic (exact) mass is 677 g/mol. The van der Waals surface area contributed by atoms with E-state index in [4.69, 9.17) is 44.8 Å². The number of amides is 1. The molecule has 5 rings (SSSR count). The quantitative estimate of drug-likeness (QED) is 0.139. The predicted molar refractivity (Wildman–Crippen MR) is 172 cm³/mol. The van der Waals surface area contributed by atoms with Gasteiger partial charge in [-0.2, -0.15) is 0 Å². The summed E-state index contributed by atoms with van der Waals surface area (Å²) in [7, 11) is 3.14. The summed E-state index contributed by atoms with van der Waals surface area (Å²) in [4.78, 5) is 25.6. The fourth-order valence-electron chi connectivity index (χ4n) is 7.26. The van der Waals surface area contributed by atoms with E-state index in [0.29, 0.717) is 6.42 Å². The Kier molecular flexibility index (Phi) is 11.1. The molecule has 47 heavy (non-hydrogen) atoms. The smallest absolute Gasteiger partial charge is 0.408 e. The molecule has 2 bridgehead atoms. The van der Waals surface area contributed by atoms with Crippen molar-refractivity contribution in [2.24, 2.45) is 17.8 Å². The summed E-state index contributed by atoms with van der Waals surface area (Å²) in [6.45, 7) is 9.57. The lowest BCUT2D eigenvalue weighted by molar-refractivity contribution is -0.348. The minimum absolute atomic E-state index is 0.0338. The number of nitrogens with one attached hydrogen (secondary N) is 1. The van der Waals surface area contributed by atoms with Gasteiger partial charge < -0.3 is 43.6 Å². The third kappa shape index (κ3) is 8.07. The summed E-state index contributed by atoms with van der Waals surface area (Å²) in [6, 6.07) is -0.443. The lowest BCUT2D eigenvalue weighted by Gasteiger charge is -2.51. The van der Waals surface area contributed by atoms with Crippen LogP contribution >= 0.6 is 11.6 Å². The molecule has 4 fully saturated rings. The normalized spacial score (nSPS) is 46.5. The highest BCUT2D eigenvalue weighted by Crippen LogP contribution is 2.44. The molecule has 0 aromatic rings. The molecule has 14 atom stereocenters. The van der Waals surface area contributed by atoms with Gasteiger partial charge in [-0.25, -0.2) is 4.79 Å². The maximum absolute atomic E-state index is 13.4. The molecule has 0 aromatic heterocycles. The molecule has 0 spiro atoms. The summed E-state index contributed by atoms with van der Waals surface area (Å²) in [5.74, 6) is 3.34. The Bertz CT molecular complexity index is 1320. The van der Waals surface area contributed by atoms with Gasteiger partial charge in [0.25, 0.3) is 0 Å². The van der Waals surface area contributed by atoms with Crippen LogP contribution in [0.5, 0.6) is 0 Å². The Balaban J connectivity index is 1.37. The maximum Gasteiger partial charge on any atom is 0.408 e. The van der Waals surface area contributed by atoms with Gasteiger partial charge in [0.1, 0.15) is 18.2 Å². The van der Waals surface area contributed by atoms with Crippen molar-refractivity contribution in [3.05, 3.63) is 36.0 Å². The maximum atomic E-state index is 13.4. The zero-order chi connectivity index (χ0) is 34.1. The highest BCUT2D eigenvalue weighted by atomic mass is 35.5. The summed E-state index contributed by atoms with van der Waals surface area (Å²) in [5.41, 5.74) is -0.0797. The number of allylic oxidation sites excluding steroid dienone is 3. The minimum Gasteiger partial charge on any atom is -0.458 e. The average Bonchev–Trinajstić information content (AvgIpc) is 3.60. The van der Waals surface area contributed by atoms with Crippen LogP contribution in [0.25, 0.3) is 0 Å². The molecule has 3 saturated heterocycles. The third-order valence-electron chi connectivity index (χ3n) is 9.96. The number of methoxy groups -OCH3 is 2. The topological polar surface area (TPSA) is 131 Å². The molecular formula is C35H48ClNO10. The van der Waals surface area contributed by atoms with E-state index in [1.54, 1.807) is 38.3 Å². The van der Waals surface area contributed by atoms with Crippen LogP contribution in [0, 0.1) is 29.6 Å². The number of cyclic esters (lactones) is 1. The van der Waals surface area contributed by atoms with Crippen LogP contribution in [0.4, 0.5) is 4.79 Å². The Labute approximate surface area is 282 Å². The summed E-state index contributed by atoms with van der Waals surface area (Å²) in [5, 5.41) is 14.8. The van der Waals surface area contributed by atoms with Gasteiger partial charge in [0.15, 0.2) is 17.7 Å². The highest BCUT2D eigenvalue weighted by molar-refractivity contribution is 6.22. The van der Waals surface area contributed by atoms with Crippen LogP contribution in [0.2, 0.25) is 0 Å². The van der Waals surface area contributed by atoms with Crippen molar-refractivity contribution in [2.45, 2.75) is 126 Å². The molecule has 0 aromatic carbocycles. The van der Waals surface area contributed by atoms with Gasteiger partial charge in [-0.05, 0) is 39.3 Å². The Morgan fingerprint density at radius 2 is 1.89 bits per heavy atom. The number of esters is 1. The molecule has 12 heteroatoms. The van der Waals surface area contributed by atoms with E-state index >= 15 is 0 Å². The number of alkyl halides is 1. The zero-order valence-electron chi connectivity index (χ0n) is 28.1. The van der Waals surface area contributed by atoms with Gasteiger partial charge in [-0.3, -0.25) is 4.79 Å². The second-order valence-corrected chi connectivity index (χ2v) is 14.3. The molecule has 4 aliphatic heterocycles. The first-order valence-corrected chi connectivity index (χ1v) is 16.8. The number of rotatable bonds is 6. The molecule has 4 heterocycles. The van der Waals surface area contributed by atoms with E-state index in [1.807, 2.05) is 33.8 Å². The van der Waals surface area contributed by atoms with Gasteiger partial charge in [0.2, 0.25) is 0 Å². The first-order valence-electron chi connectivity index (χ1n) is 16.4. The Hall–Kier alpha value is -2.43. The molecule has 2 N–H and O–H groups in total.